The van der Waals surface area contributed by atoms with E-state index in [1.165, 1.54) is 0 Å². The van der Waals surface area contributed by atoms with E-state index in [9.17, 15) is 0 Å². The van der Waals surface area contributed by atoms with Gasteiger partial charge in [-0.15, -0.1) is 0 Å². The zero-order valence-corrected chi connectivity index (χ0v) is 16.1. The predicted molar refractivity (Wildman–Crippen MR) is 109 cm³/mol. The van der Waals surface area contributed by atoms with E-state index in [0.29, 0.717) is 5.02 Å². The van der Waals surface area contributed by atoms with Crippen LogP contribution >= 0.6 is 11.6 Å². The molecule has 0 radical (unpaired) electrons. The highest BCUT2D eigenvalue weighted by molar-refractivity contribution is 6.33. The van der Waals surface area contributed by atoms with Crippen molar-refractivity contribution in [2.24, 2.45) is 0 Å². The number of benzene rings is 2. The number of rotatable bonds is 4. The van der Waals surface area contributed by atoms with Gasteiger partial charge in [-0.1, -0.05) is 35.9 Å². The van der Waals surface area contributed by atoms with Crippen LogP contribution in [0, 0.1) is 13.8 Å². The van der Waals surface area contributed by atoms with E-state index in [1.54, 1.807) is 7.11 Å². The Kier molecular flexibility index (Phi) is 4.46. The number of fused-ring (bicyclic) bond motifs is 1. The number of ether oxygens (including phenoxy) is 1. The fourth-order valence-electron chi connectivity index (χ4n) is 3.16. The molecule has 4 rings (SSSR count). The number of nitrogens with zero attached hydrogens (tertiary/aromatic N) is 3. The number of nitrogens with one attached hydrogen (secondary N) is 1. The van der Waals surface area contributed by atoms with Gasteiger partial charge in [0.1, 0.15) is 11.6 Å². The van der Waals surface area contributed by atoms with Gasteiger partial charge in [-0.25, -0.2) is 4.98 Å². The third kappa shape index (κ3) is 3.22. The summed E-state index contributed by atoms with van der Waals surface area (Å²) in [6.07, 6.45) is 0. The first kappa shape index (κ1) is 17.4. The molecular formula is C21H19ClN4O. The first-order valence-corrected chi connectivity index (χ1v) is 8.97. The van der Waals surface area contributed by atoms with Gasteiger partial charge in [0.2, 0.25) is 0 Å². The lowest BCUT2D eigenvalue weighted by molar-refractivity contribution is 0.415. The number of halogens is 1. The molecule has 0 atom stereocenters. The third-order valence-electron chi connectivity index (χ3n) is 4.38. The van der Waals surface area contributed by atoms with Gasteiger partial charge in [0.25, 0.3) is 0 Å². The molecule has 6 heteroatoms. The van der Waals surface area contributed by atoms with Crippen molar-refractivity contribution < 1.29 is 4.74 Å². The van der Waals surface area contributed by atoms with Crippen LogP contribution in [0.4, 0.5) is 11.5 Å². The Morgan fingerprint density at radius 1 is 1.04 bits per heavy atom. The molecule has 2 aromatic heterocycles. The summed E-state index contributed by atoms with van der Waals surface area (Å²) in [4.78, 5) is 4.73. The maximum Gasteiger partial charge on any atom is 0.165 e. The van der Waals surface area contributed by atoms with E-state index in [0.717, 1.165) is 45.4 Å². The maximum absolute atomic E-state index is 6.44. The second-order valence-corrected chi connectivity index (χ2v) is 6.72. The second kappa shape index (κ2) is 6.93. The van der Waals surface area contributed by atoms with Crippen molar-refractivity contribution in [3.8, 4) is 16.9 Å². The van der Waals surface area contributed by atoms with Crippen LogP contribution in [0.1, 0.15) is 11.4 Å². The minimum atomic E-state index is 0.682. The van der Waals surface area contributed by atoms with Gasteiger partial charge in [0, 0.05) is 34.1 Å². The average Bonchev–Trinajstić information content (AvgIpc) is 2.98. The summed E-state index contributed by atoms with van der Waals surface area (Å²) in [5.41, 5.74) is 5.31. The molecular weight excluding hydrogens is 360 g/mol. The number of hydrogen-bond acceptors (Lipinski definition) is 4. The van der Waals surface area contributed by atoms with E-state index in [-0.39, 0.29) is 0 Å². The smallest absolute Gasteiger partial charge is 0.165 e. The van der Waals surface area contributed by atoms with Gasteiger partial charge < -0.3 is 10.1 Å². The highest BCUT2D eigenvalue weighted by atomic mass is 35.5. The molecule has 0 saturated heterocycles. The predicted octanol–water partition coefficient (Wildman–Crippen LogP) is 5.42. The Labute approximate surface area is 162 Å². The third-order valence-corrected chi connectivity index (χ3v) is 4.71. The number of aryl methyl sites for hydroxylation is 2. The summed E-state index contributed by atoms with van der Waals surface area (Å²) in [6, 6.07) is 17.5. The molecule has 0 unspecified atom stereocenters. The van der Waals surface area contributed by atoms with Crippen LogP contribution in [0.2, 0.25) is 5.02 Å². The highest BCUT2D eigenvalue weighted by Gasteiger charge is 2.18. The summed E-state index contributed by atoms with van der Waals surface area (Å²) in [6.45, 7) is 3.94. The van der Waals surface area contributed by atoms with Crippen molar-refractivity contribution in [3.63, 3.8) is 0 Å². The summed E-state index contributed by atoms with van der Waals surface area (Å²) < 4.78 is 7.13. The molecule has 0 aliphatic rings. The zero-order valence-electron chi connectivity index (χ0n) is 15.3. The summed E-state index contributed by atoms with van der Waals surface area (Å²) in [5.74, 6) is 1.61. The minimum Gasteiger partial charge on any atom is -0.497 e. The Bertz CT molecular complexity index is 1140. The summed E-state index contributed by atoms with van der Waals surface area (Å²) in [5, 5.41) is 8.81. The Hall–Kier alpha value is -3.05. The zero-order chi connectivity index (χ0) is 19.0. The first-order chi connectivity index (χ1) is 13.1. The minimum absolute atomic E-state index is 0.682. The van der Waals surface area contributed by atoms with Crippen LogP contribution in [0.3, 0.4) is 0 Å². The lowest BCUT2D eigenvalue weighted by atomic mass is 10.1. The monoisotopic (exact) mass is 378 g/mol. The van der Waals surface area contributed by atoms with Crippen molar-refractivity contribution in [1.29, 1.82) is 0 Å². The molecule has 0 amide bonds. The van der Waals surface area contributed by atoms with Crippen LogP contribution < -0.4 is 10.1 Å². The molecule has 27 heavy (non-hydrogen) atoms. The van der Waals surface area contributed by atoms with Crippen LogP contribution in [0.5, 0.6) is 5.75 Å². The molecule has 2 heterocycles. The molecule has 1 N–H and O–H groups in total. The van der Waals surface area contributed by atoms with Crippen molar-refractivity contribution >= 4 is 28.8 Å². The Balaban J connectivity index is 1.88. The quantitative estimate of drug-likeness (QED) is 0.515. The average molecular weight is 379 g/mol. The van der Waals surface area contributed by atoms with Crippen LogP contribution in [-0.2, 0) is 0 Å². The van der Waals surface area contributed by atoms with Crippen molar-refractivity contribution in [2.75, 3.05) is 12.4 Å². The van der Waals surface area contributed by atoms with Crippen LogP contribution in [0.25, 0.3) is 16.8 Å². The molecule has 0 fully saturated rings. The van der Waals surface area contributed by atoms with Crippen LogP contribution in [-0.4, -0.2) is 21.7 Å². The lowest BCUT2D eigenvalue weighted by Gasteiger charge is -2.11. The second-order valence-electron chi connectivity index (χ2n) is 6.32. The van der Waals surface area contributed by atoms with Gasteiger partial charge >= 0.3 is 0 Å². The van der Waals surface area contributed by atoms with E-state index in [1.807, 2.05) is 73.0 Å². The molecule has 0 spiro atoms. The van der Waals surface area contributed by atoms with E-state index in [4.69, 9.17) is 26.4 Å². The van der Waals surface area contributed by atoms with Crippen molar-refractivity contribution in [1.82, 2.24) is 14.6 Å². The molecule has 2 aromatic carbocycles. The van der Waals surface area contributed by atoms with Gasteiger partial charge in [0.15, 0.2) is 5.65 Å². The SMILES string of the molecule is COc1cccc(Nc2cc(C)nc3c(-c4ccccc4Cl)c(C)nn23)c1. The van der Waals surface area contributed by atoms with Crippen molar-refractivity contribution in [3.05, 3.63) is 71.0 Å². The normalized spacial score (nSPS) is 11.0. The topological polar surface area (TPSA) is 51.5 Å². The number of hydrogen-bond donors (Lipinski definition) is 1. The molecule has 0 aliphatic heterocycles. The van der Waals surface area contributed by atoms with E-state index in [2.05, 4.69) is 5.32 Å². The standard InChI is InChI=1S/C21H19ClN4O/c1-13-11-19(24-15-7-6-8-16(12-15)27-3)26-21(23-13)20(14(2)25-26)17-9-4-5-10-18(17)22/h4-12,24H,1-3H3. The summed E-state index contributed by atoms with van der Waals surface area (Å²) >= 11 is 6.44. The molecule has 0 saturated carbocycles. The Morgan fingerprint density at radius 3 is 2.63 bits per heavy atom. The van der Waals surface area contributed by atoms with Gasteiger partial charge in [-0.3, -0.25) is 0 Å². The van der Waals surface area contributed by atoms with Crippen LogP contribution in [0.15, 0.2) is 54.6 Å². The maximum atomic E-state index is 6.44. The van der Waals surface area contributed by atoms with Gasteiger partial charge in [0.05, 0.1) is 18.4 Å². The largest absolute Gasteiger partial charge is 0.497 e. The van der Waals surface area contributed by atoms with Gasteiger partial charge in [-0.05, 0) is 32.0 Å². The number of anilines is 2. The summed E-state index contributed by atoms with van der Waals surface area (Å²) in [7, 11) is 1.65. The van der Waals surface area contributed by atoms with E-state index >= 15 is 0 Å². The number of methoxy groups -OCH3 is 1. The molecule has 5 nitrogen and oxygen atoms in total. The molecule has 0 aliphatic carbocycles. The fraction of sp³-hybridized carbons (Fsp3) is 0.143. The Morgan fingerprint density at radius 2 is 1.85 bits per heavy atom. The fourth-order valence-corrected chi connectivity index (χ4v) is 3.39. The molecule has 0 bridgehead atoms. The number of aromatic nitrogens is 3. The first-order valence-electron chi connectivity index (χ1n) is 8.60. The van der Waals surface area contributed by atoms with E-state index < -0.39 is 0 Å². The van der Waals surface area contributed by atoms with Gasteiger partial charge in [-0.2, -0.15) is 9.61 Å². The molecule has 136 valence electrons. The lowest BCUT2D eigenvalue weighted by Crippen LogP contribution is -2.02. The highest BCUT2D eigenvalue weighted by Crippen LogP contribution is 2.34. The van der Waals surface area contributed by atoms with Crippen molar-refractivity contribution in [2.45, 2.75) is 13.8 Å². The molecule has 4 aromatic rings.